The smallest absolute Gasteiger partial charge is 0.322 e. The van der Waals surface area contributed by atoms with Crippen LogP contribution in [0.4, 0.5) is 5.69 Å². The standard InChI is InChI=1S/C15H20N2O6/c1-15(2,3)23-14(20)12(13(18)19)11(16)8-9-4-6-10(7-5-9)17(21)22/h4-7,11-12H,8,16H2,1-3H3,(H,18,19)/t11-,12+/m1/s1. The fraction of sp³-hybridized carbons (Fsp3) is 0.467. The molecule has 1 aromatic rings. The Morgan fingerprint density at radius 2 is 1.83 bits per heavy atom. The molecule has 8 heteroatoms. The molecule has 0 aromatic heterocycles. The lowest BCUT2D eigenvalue weighted by Crippen LogP contribution is -2.45. The molecule has 0 spiro atoms. The third-order valence-corrected chi connectivity index (χ3v) is 2.97. The second kappa shape index (κ2) is 7.19. The van der Waals surface area contributed by atoms with Gasteiger partial charge in [0.25, 0.3) is 5.69 Å². The van der Waals surface area contributed by atoms with E-state index in [0.717, 1.165) is 0 Å². The monoisotopic (exact) mass is 324 g/mol. The number of nitro groups is 1. The van der Waals surface area contributed by atoms with Gasteiger partial charge in [0.1, 0.15) is 5.60 Å². The molecule has 2 atom stereocenters. The summed E-state index contributed by atoms with van der Waals surface area (Å²) in [4.78, 5) is 33.4. The Bertz CT molecular complexity index is 591. The van der Waals surface area contributed by atoms with E-state index in [0.29, 0.717) is 5.56 Å². The van der Waals surface area contributed by atoms with E-state index in [1.54, 1.807) is 20.8 Å². The Hall–Kier alpha value is -2.48. The number of nitrogens with zero attached hydrogens (tertiary/aromatic N) is 1. The molecule has 0 aliphatic carbocycles. The molecule has 0 saturated carbocycles. The van der Waals surface area contributed by atoms with Crippen molar-refractivity contribution in [2.45, 2.75) is 38.8 Å². The number of hydrogen-bond donors (Lipinski definition) is 2. The quantitative estimate of drug-likeness (QED) is 0.350. The summed E-state index contributed by atoms with van der Waals surface area (Å²) >= 11 is 0. The second-order valence-electron chi connectivity index (χ2n) is 6.14. The van der Waals surface area contributed by atoms with Crippen molar-refractivity contribution in [3.63, 3.8) is 0 Å². The molecule has 0 bridgehead atoms. The Morgan fingerprint density at radius 1 is 1.30 bits per heavy atom. The van der Waals surface area contributed by atoms with Crippen LogP contribution in [-0.2, 0) is 20.7 Å². The summed E-state index contributed by atoms with van der Waals surface area (Å²) < 4.78 is 5.08. The van der Waals surface area contributed by atoms with Crippen LogP contribution < -0.4 is 5.73 Å². The fourth-order valence-corrected chi connectivity index (χ4v) is 1.97. The van der Waals surface area contributed by atoms with Crippen LogP contribution in [0.15, 0.2) is 24.3 Å². The number of benzene rings is 1. The van der Waals surface area contributed by atoms with E-state index in [1.807, 2.05) is 0 Å². The largest absolute Gasteiger partial charge is 0.481 e. The molecule has 3 N–H and O–H groups in total. The van der Waals surface area contributed by atoms with Gasteiger partial charge in [0, 0.05) is 18.2 Å². The average molecular weight is 324 g/mol. The Labute approximate surface area is 133 Å². The number of carbonyl (C=O) groups is 2. The highest BCUT2D eigenvalue weighted by Crippen LogP contribution is 2.18. The molecule has 0 saturated heterocycles. The minimum absolute atomic E-state index is 0.0776. The maximum absolute atomic E-state index is 12.0. The van der Waals surface area contributed by atoms with E-state index < -0.39 is 34.4 Å². The van der Waals surface area contributed by atoms with Crippen LogP contribution in [0.3, 0.4) is 0 Å². The molecule has 0 amide bonds. The van der Waals surface area contributed by atoms with Crippen molar-refractivity contribution in [1.29, 1.82) is 0 Å². The first kappa shape index (κ1) is 18.6. The van der Waals surface area contributed by atoms with Gasteiger partial charge in [0.15, 0.2) is 5.92 Å². The highest BCUT2D eigenvalue weighted by atomic mass is 16.6. The van der Waals surface area contributed by atoms with E-state index in [9.17, 15) is 24.8 Å². The number of hydrogen-bond acceptors (Lipinski definition) is 6. The maximum Gasteiger partial charge on any atom is 0.322 e. The normalized spacial score (nSPS) is 13.9. The van der Waals surface area contributed by atoms with E-state index in [1.165, 1.54) is 24.3 Å². The van der Waals surface area contributed by atoms with E-state index in [-0.39, 0.29) is 12.1 Å². The van der Waals surface area contributed by atoms with Crippen molar-refractivity contribution in [2.75, 3.05) is 0 Å². The molecule has 0 heterocycles. The number of non-ortho nitro benzene ring substituents is 1. The molecular weight excluding hydrogens is 304 g/mol. The predicted molar refractivity (Wildman–Crippen MR) is 81.7 cm³/mol. The van der Waals surface area contributed by atoms with E-state index in [2.05, 4.69) is 0 Å². The van der Waals surface area contributed by atoms with Gasteiger partial charge in [-0.15, -0.1) is 0 Å². The van der Waals surface area contributed by atoms with Crippen molar-refractivity contribution >= 4 is 17.6 Å². The van der Waals surface area contributed by atoms with Crippen molar-refractivity contribution < 1.29 is 24.4 Å². The summed E-state index contributed by atoms with van der Waals surface area (Å²) in [6.45, 7) is 4.89. The molecule has 8 nitrogen and oxygen atoms in total. The van der Waals surface area contributed by atoms with Crippen LogP contribution in [-0.4, -0.2) is 33.6 Å². The minimum Gasteiger partial charge on any atom is -0.481 e. The number of nitro benzene ring substituents is 1. The molecule has 1 rings (SSSR count). The molecule has 0 aliphatic rings. The van der Waals surface area contributed by atoms with Gasteiger partial charge in [-0.05, 0) is 32.8 Å². The summed E-state index contributed by atoms with van der Waals surface area (Å²) in [5.74, 6) is -3.78. The Balaban J connectivity index is 2.86. The first-order valence-corrected chi connectivity index (χ1v) is 6.96. The number of carboxylic acid groups (broad SMARTS) is 1. The Morgan fingerprint density at radius 3 is 2.22 bits per heavy atom. The van der Waals surface area contributed by atoms with Gasteiger partial charge in [-0.1, -0.05) is 12.1 Å². The number of ether oxygens (including phenoxy) is 1. The van der Waals surface area contributed by atoms with Crippen LogP contribution in [0.5, 0.6) is 0 Å². The zero-order valence-corrected chi connectivity index (χ0v) is 13.2. The second-order valence-corrected chi connectivity index (χ2v) is 6.14. The third kappa shape index (κ3) is 5.67. The van der Waals surface area contributed by atoms with Crippen molar-refractivity contribution in [2.24, 2.45) is 11.7 Å². The number of nitrogens with two attached hydrogens (primary N) is 1. The number of rotatable bonds is 6. The van der Waals surface area contributed by atoms with Crippen molar-refractivity contribution in [3.8, 4) is 0 Å². The maximum atomic E-state index is 12.0. The highest BCUT2D eigenvalue weighted by molar-refractivity contribution is 5.95. The zero-order valence-electron chi connectivity index (χ0n) is 13.2. The molecule has 0 aliphatic heterocycles. The van der Waals surface area contributed by atoms with E-state index in [4.69, 9.17) is 10.5 Å². The molecular formula is C15H20N2O6. The van der Waals surface area contributed by atoms with Crippen LogP contribution in [0.1, 0.15) is 26.3 Å². The number of esters is 1. The predicted octanol–water partition coefficient (Wildman–Crippen LogP) is 1.51. The Kier molecular flexibility index (Phi) is 5.80. The lowest BCUT2D eigenvalue weighted by molar-refractivity contribution is -0.384. The summed E-state index contributed by atoms with van der Waals surface area (Å²) in [7, 11) is 0. The van der Waals surface area contributed by atoms with Gasteiger partial charge in [0.05, 0.1) is 4.92 Å². The fourth-order valence-electron chi connectivity index (χ4n) is 1.97. The third-order valence-electron chi connectivity index (χ3n) is 2.97. The molecule has 0 fully saturated rings. The molecule has 0 radical (unpaired) electrons. The van der Waals surface area contributed by atoms with Crippen molar-refractivity contribution in [3.05, 3.63) is 39.9 Å². The van der Waals surface area contributed by atoms with Gasteiger partial charge >= 0.3 is 11.9 Å². The lowest BCUT2D eigenvalue weighted by Gasteiger charge is -2.25. The topological polar surface area (TPSA) is 133 Å². The SMILES string of the molecule is CC(C)(C)OC(=O)[C@H](C(=O)O)[C@H](N)Cc1ccc([N+](=O)[O-])cc1. The molecule has 23 heavy (non-hydrogen) atoms. The van der Waals surface area contributed by atoms with Gasteiger partial charge in [-0.3, -0.25) is 19.7 Å². The van der Waals surface area contributed by atoms with Crippen molar-refractivity contribution in [1.82, 2.24) is 0 Å². The summed E-state index contributed by atoms with van der Waals surface area (Å²) in [5, 5.41) is 19.8. The molecule has 0 unspecified atom stereocenters. The van der Waals surface area contributed by atoms with Gasteiger partial charge in [-0.25, -0.2) is 0 Å². The first-order valence-electron chi connectivity index (χ1n) is 6.96. The highest BCUT2D eigenvalue weighted by Gasteiger charge is 2.36. The molecule has 1 aromatic carbocycles. The van der Waals surface area contributed by atoms with Crippen LogP contribution in [0.25, 0.3) is 0 Å². The average Bonchev–Trinajstić information content (AvgIpc) is 2.36. The number of carbonyl (C=O) groups excluding carboxylic acids is 1. The first-order chi connectivity index (χ1) is 10.5. The number of aliphatic carboxylic acids is 1. The summed E-state index contributed by atoms with van der Waals surface area (Å²) in [6.07, 6.45) is 0.0776. The van der Waals surface area contributed by atoms with Gasteiger partial charge < -0.3 is 15.6 Å². The van der Waals surface area contributed by atoms with Crippen LogP contribution in [0, 0.1) is 16.0 Å². The summed E-state index contributed by atoms with van der Waals surface area (Å²) in [5.41, 5.74) is 5.55. The zero-order chi connectivity index (χ0) is 17.8. The lowest BCUT2D eigenvalue weighted by atomic mass is 9.94. The molecule has 126 valence electrons. The van der Waals surface area contributed by atoms with Gasteiger partial charge in [-0.2, -0.15) is 0 Å². The summed E-state index contributed by atoms with van der Waals surface area (Å²) in [6, 6.07) is 4.54. The minimum atomic E-state index is -1.51. The van der Waals surface area contributed by atoms with Crippen LogP contribution >= 0.6 is 0 Å². The number of carboxylic acids is 1. The van der Waals surface area contributed by atoms with E-state index >= 15 is 0 Å². The van der Waals surface area contributed by atoms with Gasteiger partial charge in [0.2, 0.25) is 0 Å². The van der Waals surface area contributed by atoms with Crippen LogP contribution in [0.2, 0.25) is 0 Å².